The van der Waals surface area contributed by atoms with Crippen LogP contribution in [0.3, 0.4) is 0 Å². The highest BCUT2D eigenvalue weighted by atomic mass is 35.5. The summed E-state index contributed by atoms with van der Waals surface area (Å²) in [6, 6.07) is 15.2. The predicted octanol–water partition coefficient (Wildman–Crippen LogP) is 2.26. The van der Waals surface area contributed by atoms with Gasteiger partial charge in [0.2, 0.25) is 0 Å². The molecule has 0 aliphatic carbocycles. The van der Waals surface area contributed by atoms with Crippen molar-refractivity contribution in [3.63, 3.8) is 0 Å². The minimum absolute atomic E-state index is 0. The number of nitrogens with zero attached hydrogens (tertiary/aromatic N) is 1. The van der Waals surface area contributed by atoms with E-state index in [1.54, 1.807) is 59.5 Å². The van der Waals surface area contributed by atoms with Gasteiger partial charge in [0.1, 0.15) is 0 Å². The van der Waals surface area contributed by atoms with Gasteiger partial charge in [-0.25, -0.2) is 8.42 Å². The van der Waals surface area contributed by atoms with Crippen molar-refractivity contribution in [1.82, 2.24) is 4.90 Å². The fourth-order valence-electron chi connectivity index (χ4n) is 2.91. The van der Waals surface area contributed by atoms with Gasteiger partial charge in [-0.3, -0.25) is 4.79 Å². The van der Waals surface area contributed by atoms with Crippen LogP contribution >= 0.6 is 12.4 Å². The third-order valence-electron chi connectivity index (χ3n) is 4.21. The third-order valence-corrected chi connectivity index (χ3v) is 5.89. The van der Waals surface area contributed by atoms with E-state index in [1.807, 2.05) is 0 Å². The van der Waals surface area contributed by atoms with Crippen LogP contribution in [0.25, 0.3) is 0 Å². The van der Waals surface area contributed by atoms with E-state index >= 15 is 0 Å². The largest absolute Gasteiger partial charge is 0.337 e. The number of amides is 1. The number of benzene rings is 2. The highest BCUT2D eigenvalue weighted by Gasteiger charge is 2.27. The van der Waals surface area contributed by atoms with Crippen molar-refractivity contribution >= 4 is 28.2 Å². The van der Waals surface area contributed by atoms with Gasteiger partial charge < -0.3 is 10.6 Å². The van der Waals surface area contributed by atoms with Crippen LogP contribution in [-0.4, -0.2) is 38.4 Å². The Kier molecular flexibility index (Phi) is 6.21. The Balaban J connectivity index is 0.00000225. The first kappa shape index (κ1) is 19.4. The predicted molar refractivity (Wildman–Crippen MR) is 99.5 cm³/mol. The molecule has 2 aromatic carbocycles. The molecule has 1 aliphatic rings. The van der Waals surface area contributed by atoms with Gasteiger partial charge in [-0.15, -0.1) is 12.4 Å². The van der Waals surface area contributed by atoms with Gasteiger partial charge in [0, 0.05) is 24.7 Å². The van der Waals surface area contributed by atoms with Crippen LogP contribution in [0.2, 0.25) is 0 Å². The van der Waals surface area contributed by atoms with Crippen LogP contribution in [-0.2, 0) is 15.6 Å². The van der Waals surface area contributed by atoms with Gasteiger partial charge >= 0.3 is 0 Å². The van der Waals surface area contributed by atoms with Gasteiger partial charge in [-0.1, -0.05) is 36.4 Å². The number of carbonyl (C=O) groups excluding carboxylic acids is 1. The average Bonchev–Trinajstić information content (AvgIpc) is 3.02. The topological polar surface area (TPSA) is 80.5 Å². The first-order valence-corrected chi connectivity index (χ1v) is 9.53. The van der Waals surface area contributed by atoms with Crippen molar-refractivity contribution in [3.05, 3.63) is 65.7 Å². The lowest BCUT2D eigenvalue weighted by Crippen LogP contribution is -2.32. The summed E-state index contributed by atoms with van der Waals surface area (Å²) in [5, 5.41) is 0. The molecule has 25 heavy (non-hydrogen) atoms. The van der Waals surface area contributed by atoms with Crippen molar-refractivity contribution in [1.29, 1.82) is 0 Å². The Hall–Kier alpha value is -1.89. The number of likely N-dealkylation sites (tertiary alicyclic amines) is 1. The number of rotatable bonds is 4. The zero-order valence-corrected chi connectivity index (χ0v) is 15.3. The zero-order chi connectivity index (χ0) is 17.2. The second-order valence-corrected chi connectivity index (χ2v) is 8.02. The lowest BCUT2D eigenvalue weighted by Gasteiger charge is -2.18. The number of hydrogen-bond acceptors (Lipinski definition) is 4. The van der Waals surface area contributed by atoms with Crippen LogP contribution in [0, 0.1) is 0 Å². The number of sulfone groups is 1. The summed E-state index contributed by atoms with van der Waals surface area (Å²) in [4.78, 5) is 14.7. The molecule has 134 valence electrons. The Labute approximate surface area is 154 Å². The Morgan fingerprint density at radius 2 is 1.72 bits per heavy atom. The number of halogens is 1. The van der Waals surface area contributed by atoms with Crippen molar-refractivity contribution in [2.75, 3.05) is 13.1 Å². The van der Waals surface area contributed by atoms with Crippen molar-refractivity contribution in [3.8, 4) is 0 Å². The molecule has 1 atom stereocenters. The minimum atomic E-state index is -3.50. The summed E-state index contributed by atoms with van der Waals surface area (Å²) in [7, 11) is -3.50. The lowest BCUT2D eigenvalue weighted by atomic mass is 10.1. The van der Waals surface area contributed by atoms with Gasteiger partial charge in [-0.05, 0) is 30.2 Å². The second-order valence-electron chi connectivity index (χ2n) is 6.03. The molecular weight excluding hydrogens is 360 g/mol. The molecule has 0 radical (unpaired) electrons. The summed E-state index contributed by atoms with van der Waals surface area (Å²) in [6.07, 6.45) is 0.774. The third kappa shape index (κ3) is 4.39. The van der Waals surface area contributed by atoms with Gasteiger partial charge in [-0.2, -0.15) is 0 Å². The summed E-state index contributed by atoms with van der Waals surface area (Å²) < 4.78 is 25.2. The van der Waals surface area contributed by atoms with Gasteiger partial charge in [0.15, 0.2) is 9.84 Å². The maximum atomic E-state index is 12.7. The van der Waals surface area contributed by atoms with E-state index in [0.29, 0.717) is 24.2 Å². The molecule has 1 heterocycles. The van der Waals surface area contributed by atoms with E-state index in [-0.39, 0.29) is 35.0 Å². The molecule has 2 aromatic rings. The Bertz CT molecular complexity index is 840. The smallest absolute Gasteiger partial charge is 0.254 e. The maximum Gasteiger partial charge on any atom is 0.254 e. The normalized spacial score (nSPS) is 17.2. The zero-order valence-electron chi connectivity index (χ0n) is 13.7. The summed E-state index contributed by atoms with van der Waals surface area (Å²) >= 11 is 0. The quantitative estimate of drug-likeness (QED) is 0.882. The molecule has 3 rings (SSSR count). The summed E-state index contributed by atoms with van der Waals surface area (Å²) in [6.45, 7) is 1.12. The van der Waals surface area contributed by atoms with Crippen molar-refractivity contribution < 1.29 is 13.2 Å². The molecule has 1 unspecified atom stereocenters. The molecule has 1 saturated heterocycles. The minimum Gasteiger partial charge on any atom is -0.337 e. The van der Waals surface area contributed by atoms with Crippen molar-refractivity contribution in [2.24, 2.45) is 5.73 Å². The molecule has 1 aliphatic heterocycles. The van der Waals surface area contributed by atoms with E-state index < -0.39 is 9.84 Å². The Morgan fingerprint density at radius 1 is 1.08 bits per heavy atom. The number of carbonyl (C=O) groups is 1. The maximum absolute atomic E-state index is 12.7. The average molecular weight is 381 g/mol. The molecule has 2 N–H and O–H groups in total. The second kappa shape index (κ2) is 7.99. The van der Waals surface area contributed by atoms with Crippen LogP contribution in [0.15, 0.2) is 59.5 Å². The standard InChI is InChI=1S/C18H20N2O3S.ClH/c19-15-10-11-20(12-15)18(21)17-9-5-4-6-14(17)13-24(22,23)16-7-2-1-3-8-16;/h1-9,15H,10-13,19H2;1H. The van der Waals surface area contributed by atoms with Gasteiger partial charge in [0.25, 0.3) is 5.91 Å². The summed E-state index contributed by atoms with van der Waals surface area (Å²) in [5.74, 6) is -0.347. The molecule has 1 amide bonds. The van der Waals surface area contributed by atoms with Crippen LogP contribution in [0.4, 0.5) is 0 Å². The Morgan fingerprint density at radius 3 is 2.36 bits per heavy atom. The SMILES string of the molecule is Cl.NC1CCN(C(=O)c2ccccc2CS(=O)(=O)c2ccccc2)C1. The lowest BCUT2D eigenvalue weighted by molar-refractivity contribution is 0.0790. The molecule has 0 spiro atoms. The van der Waals surface area contributed by atoms with E-state index in [1.165, 1.54) is 0 Å². The van der Waals surface area contributed by atoms with Crippen LogP contribution < -0.4 is 5.73 Å². The molecule has 0 saturated carbocycles. The van der Waals surface area contributed by atoms with E-state index in [0.717, 1.165) is 6.42 Å². The monoisotopic (exact) mass is 380 g/mol. The van der Waals surface area contributed by atoms with Gasteiger partial charge in [0.05, 0.1) is 10.6 Å². The highest BCUT2D eigenvalue weighted by molar-refractivity contribution is 7.90. The van der Waals surface area contributed by atoms with Crippen molar-refractivity contribution in [2.45, 2.75) is 23.1 Å². The fourth-order valence-corrected chi connectivity index (χ4v) is 4.31. The van der Waals surface area contributed by atoms with Crippen LogP contribution in [0.5, 0.6) is 0 Å². The van der Waals surface area contributed by atoms with E-state index in [4.69, 9.17) is 5.73 Å². The first-order chi connectivity index (χ1) is 11.5. The van der Waals surface area contributed by atoms with Crippen LogP contribution in [0.1, 0.15) is 22.3 Å². The number of hydrogen-bond donors (Lipinski definition) is 1. The molecule has 1 fully saturated rings. The molecular formula is C18H21ClN2O3S. The molecule has 7 heteroatoms. The van der Waals surface area contributed by atoms with E-state index in [9.17, 15) is 13.2 Å². The fraction of sp³-hybridized carbons (Fsp3) is 0.278. The molecule has 0 bridgehead atoms. The summed E-state index contributed by atoms with van der Waals surface area (Å²) in [5.41, 5.74) is 6.82. The molecule has 5 nitrogen and oxygen atoms in total. The molecule has 0 aromatic heterocycles. The number of nitrogens with two attached hydrogens (primary N) is 1. The highest BCUT2D eigenvalue weighted by Crippen LogP contribution is 2.21. The first-order valence-electron chi connectivity index (χ1n) is 7.88. The van der Waals surface area contributed by atoms with E-state index in [2.05, 4.69) is 0 Å².